The second kappa shape index (κ2) is 5.21. The highest BCUT2D eigenvalue weighted by Gasteiger charge is 2.17. The van der Waals surface area contributed by atoms with Gasteiger partial charge in [0, 0.05) is 30.2 Å². The quantitative estimate of drug-likeness (QED) is 0.915. The molecule has 2 rings (SSSR count). The molecule has 104 valence electrons. The van der Waals surface area contributed by atoms with E-state index in [-0.39, 0.29) is 11.8 Å². The predicted molar refractivity (Wildman–Crippen MR) is 76.0 cm³/mol. The number of aryl methyl sites for hydroxylation is 1. The zero-order valence-electron chi connectivity index (χ0n) is 11.9. The summed E-state index contributed by atoms with van der Waals surface area (Å²) in [6.07, 6.45) is 3.06. The lowest BCUT2D eigenvalue weighted by molar-refractivity contribution is 0.322. The third-order valence-electron chi connectivity index (χ3n) is 3.67. The first kappa shape index (κ1) is 13.9. The number of rotatable bonds is 4. The number of hydrogen-bond acceptors (Lipinski definition) is 2. The van der Waals surface area contributed by atoms with Crippen LogP contribution < -0.4 is 0 Å². The fourth-order valence-electron chi connectivity index (χ4n) is 2.36. The molecule has 1 N–H and O–H groups in total. The van der Waals surface area contributed by atoms with Gasteiger partial charge in [-0.2, -0.15) is 0 Å². The van der Waals surface area contributed by atoms with Gasteiger partial charge in [0.05, 0.1) is 5.52 Å². The highest BCUT2D eigenvalue weighted by Crippen LogP contribution is 2.32. The maximum Gasteiger partial charge on any atom is 0.165 e. The monoisotopic (exact) mass is 264 g/mol. The number of hydrogen-bond donors (Lipinski definition) is 1. The van der Waals surface area contributed by atoms with Gasteiger partial charge in [-0.05, 0) is 39.1 Å². The molecule has 1 aromatic heterocycles. The lowest BCUT2D eigenvalue weighted by atomic mass is 10.1. The molecule has 19 heavy (non-hydrogen) atoms. The molecule has 0 bridgehead atoms. The Morgan fingerprint density at radius 2 is 2.05 bits per heavy atom. The molecule has 0 saturated heterocycles. The first-order valence-corrected chi connectivity index (χ1v) is 6.63. The van der Waals surface area contributed by atoms with Crippen molar-refractivity contribution in [1.82, 2.24) is 9.47 Å². The van der Waals surface area contributed by atoms with Crippen LogP contribution in [0.2, 0.25) is 0 Å². The fourth-order valence-corrected chi connectivity index (χ4v) is 2.36. The molecule has 0 saturated carbocycles. The number of aromatic hydroxyl groups is 1. The van der Waals surface area contributed by atoms with Crippen molar-refractivity contribution in [3.63, 3.8) is 0 Å². The molecule has 1 unspecified atom stereocenters. The molecule has 1 aromatic carbocycles. The van der Waals surface area contributed by atoms with Crippen LogP contribution in [-0.2, 0) is 6.54 Å². The molecule has 3 nitrogen and oxygen atoms in total. The number of phenolic OH excluding ortho intramolecular Hbond substituents is 1. The minimum atomic E-state index is -0.561. The Morgan fingerprint density at radius 1 is 1.37 bits per heavy atom. The average molecular weight is 264 g/mol. The predicted octanol–water partition coefficient (Wildman–Crippen LogP) is 3.52. The van der Waals surface area contributed by atoms with Crippen molar-refractivity contribution in [2.24, 2.45) is 0 Å². The summed E-state index contributed by atoms with van der Waals surface area (Å²) in [5.74, 6) is -0.846. The van der Waals surface area contributed by atoms with Crippen LogP contribution in [-0.4, -0.2) is 28.7 Å². The zero-order valence-corrected chi connectivity index (χ0v) is 11.9. The second-order valence-electron chi connectivity index (χ2n) is 5.24. The molecule has 1 heterocycles. The van der Waals surface area contributed by atoms with Crippen molar-refractivity contribution in [3.05, 3.63) is 29.7 Å². The van der Waals surface area contributed by atoms with Crippen LogP contribution >= 0.6 is 0 Å². The van der Waals surface area contributed by atoms with Gasteiger partial charge < -0.3 is 14.6 Å². The van der Waals surface area contributed by atoms with Crippen molar-refractivity contribution < 1.29 is 9.50 Å². The van der Waals surface area contributed by atoms with E-state index in [1.54, 1.807) is 0 Å². The lowest BCUT2D eigenvalue weighted by Gasteiger charge is -2.19. The van der Waals surface area contributed by atoms with Crippen molar-refractivity contribution in [2.75, 3.05) is 14.1 Å². The average Bonchev–Trinajstić information content (AvgIpc) is 2.68. The Morgan fingerprint density at radius 3 is 2.63 bits per heavy atom. The van der Waals surface area contributed by atoms with Gasteiger partial charge in [0.1, 0.15) is 0 Å². The summed E-state index contributed by atoms with van der Waals surface area (Å²) in [5.41, 5.74) is 1.98. The summed E-state index contributed by atoms with van der Waals surface area (Å²) < 4.78 is 15.7. The maximum absolute atomic E-state index is 13.6. The number of benzene rings is 1. The normalized spacial score (nSPS) is 13.4. The van der Waals surface area contributed by atoms with E-state index >= 15 is 0 Å². The van der Waals surface area contributed by atoms with Gasteiger partial charge in [0.25, 0.3) is 0 Å². The Balaban J connectivity index is 2.67. The fraction of sp³-hybridized carbons (Fsp3) is 0.467. The first-order valence-electron chi connectivity index (χ1n) is 6.63. The molecular weight excluding hydrogens is 243 g/mol. The molecule has 2 aromatic rings. The number of phenols is 1. The number of aromatic nitrogens is 1. The molecule has 0 aliphatic carbocycles. The van der Waals surface area contributed by atoms with Gasteiger partial charge in [0.15, 0.2) is 11.6 Å². The van der Waals surface area contributed by atoms with Crippen LogP contribution in [0, 0.1) is 5.82 Å². The van der Waals surface area contributed by atoms with Gasteiger partial charge in [-0.3, -0.25) is 0 Å². The summed E-state index contributed by atoms with van der Waals surface area (Å²) in [6.45, 7) is 5.06. The largest absolute Gasteiger partial charge is 0.505 e. The minimum Gasteiger partial charge on any atom is -0.505 e. The molecule has 4 heteroatoms. The van der Waals surface area contributed by atoms with Crippen LogP contribution in [0.15, 0.2) is 18.3 Å². The second-order valence-corrected chi connectivity index (χ2v) is 5.24. The highest BCUT2D eigenvalue weighted by atomic mass is 19.1. The molecular formula is C15H21FN2O. The Kier molecular flexibility index (Phi) is 3.80. The Bertz CT molecular complexity index is 589. The van der Waals surface area contributed by atoms with Crippen molar-refractivity contribution in [1.29, 1.82) is 0 Å². The topological polar surface area (TPSA) is 28.4 Å². The third kappa shape index (κ3) is 2.45. The number of fused-ring (bicyclic) bond motifs is 1. The highest BCUT2D eigenvalue weighted by molar-refractivity contribution is 5.86. The number of halogens is 1. The Hall–Kier alpha value is -1.55. The van der Waals surface area contributed by atoms with E-state index < -0.39 is 5.82 Å². The van der Waals surface area contributed by atoms with Gasteiger partial charge in [-0.25, -0.2) is 4.39 Å². The number of nitrogens with zero attached hydrogens (tertiary/aromatic N) is 2. The molecule has 0 amide bonds. The standard InChI is InChI=1S/C15H21FN2O/c1-5-6-18-9-12(10(2)17(3)4)11-7-13(16)15(19)8-14(11)18/h7-10,19H,5-6H2,1-4H3. The van der Waals surface area contributed by atoms with Crippen LogP contribution in [0.25, 0.3) is 10.9 Å². The summed E-state index contributed by atoms with van der Waals surface area (Å²) in [5, 5.41) is 10.4. The molecule has 0 spiro atoms. The van der Waals surface area contributed by atoms with Crippen LogP contribution in [0.1, 0.15) is 31.9 Å². The van der Waals surface area contributed by atoms with E-state index in [1.807, 2.05) is 14.1 Å². The van der Waals surface area contributed by atoms with Gasteiger partial charge in [-0.1, -0.05) is 6.92 Å². The van der Waals surface area contributed by atoms with E-state index in [0.717, 1.165) is 29.4 Å². The van der Waals surface area contributed by atoms with E-state index in [2.05, 4.69) is 29.5 Å². The van der Waals surface area contributed by atoms with E-state index in [4.69, 9.17) is 0 Å². The molecule has 0 aliphatic heterocycles. The third-order valence-corrected chi connectivity index (χ3v) is 3.67. The minimum absolute atomic E-state index is 0.199. The molecule has 0 fully saturated rings. The lowest BCUT2D eigenvalue weighted by Crippen LogP contribution is -2.16. The van der Waals surface area contributed by atoms with Crippen molar-refractivity contribution in [2.45, 2.75) is 32.9 Å². The SMILES string of the molecule is CCCn1cc(C(C)N(C)C)c2cc(F)c(O)cc21. The van der Waals surface area contributed by atoms with E-state index in [0.29, 0.717) is 0 Å². The molecule has 0 aliphatic rings. The van der Waals surface area contributed by atoms with Crippen LogP contribution in [0.5, 0.6) is 5.75 Å². The van der Waals surface area contributed by atoms with Crippen LogP contribution in [0.4, 0.5) is 4.39 Å². The Labute approximate surface area is 113 Å². The van der Waals surface area contributed by atoms with E-state index in [9.17, 15) is 9.50 Å². The zero-order chi connectivity index (χ0) is 14.2. The summed E-state index contributed by atoms with van der Waals surface area (Å²) in [7, 11) is 4.01. The summed E-state index contributed by atoms with van der Waals surface area (Å²) in [6, 6.07) is 3.16. The van der Waals surface area contributed by atoms with Gasteiger partial charge in [-0.15, -0.1) is 0 Å². The van der Waals surface area contributed by atoms with Crippen molar-refractivity contribution >= 4 is 10.9 Å². The molecule has 0 radical (unpaired) electrons. The smallest absolute Gasteiger partial charge is 0.165 e. The van der Waals surface area contributed by atoms with Crippen molar-refractivity contribution in [3.8, 4) is 5.75 Å². The van der Waals surface area contributed by atoms with E-state index in [1.165, 1.54) is 12.1 Å². The maximum atomic E-state index is 13.6. The van der Waals surface area contributed by atoms with Gasteiger partial charge in [0.2, 0.25) is 0 Å². The molecule has 1 atom stereocenters. The van der Waals surface area contributed by atoms with Crippen LogP contribution in [0.3, 0.4) is 0 Å². The summed E-state index contributed by atoms with van der Waals surface area (Å²) in [4.78, 5) is 2.09. The first-order chi connectivity index (χ1) is 8.95. The van der Waals surface area contributed by atoms with Gasteiger partial charge >= 0.3 is 0 Å². The summed E-state index contributed by atoms with van der Waals surface area (Å²) >= 11 is 0.